The summed E-state index contributed by atoms with van der Waals surface area (Å²) in [5, 5.41) is 14.1. The van der Waals surface area contributed by atoms with Crippen LogP contribution in [0.25, 0.3) is 10.9 Å². The first kappa shape index (κ1) is 22.8. The van der Waals surface area contributed by atoms with Gasteiger partial charge in [0.15, 0.2) is 5.78 Å². The molecule has 2 heterocycles. The van der Waals surface area contributed by atoms with Gasteiger partial charge < -0.3 is 25.2 Å². The maximum Gasteiger partial charge on any atom is 0.243 e. The summed E-state index contributed by atoms with van der Waals surface area (Å²) < 4.78 is 0. The third kappa shape index (κ3) is 4.55. The van der Waals surface area contributed by atoms with Crippen LogP contribution in [0.3, 0.4) is 0 Å². The molecule has 0 saturated heterocycles. The topological polar surface area (TPSA) is 88.7 Å². The van der Waals surface area contributed by atoms with Crippen LogP contribution in [0.15, 0.2) is 18.3 Å². The second-order valence-electron chi connectivity index (χ2n) is 10.0. The molecule has 2 atom stereocenters. The Kier molecular flexibility index (Phi) is 6.58. The molecule has 7 nitrogen and oxygen atoms in total. The van der Waals surface area contributed by atoms with Gasteiger partial charge in [0, 0.05) is 42.3 Å². The van der Waals surface area contributed by atoms with Crippen LogP contribution < -0.4 is 10.2 Å². The third-order valence-corrected chi connectivity index (χ3v) is 6.71. The van der Waals surface area contributed by atoms with E-state index in [0.717, 1.165) is 28.7 Å². The molecule has 4 rings (SSSR count). The number of nitrogens with one attached hydrogen (secondary N) is 2. The van der Waals surface area contributed by atoms with E-state index in [2.05, 4.69) is 29.0 Å². The van der Waals surface area contributed by atoms with E-state index in [-0.39, 0.29) is 36.3 Å². The standard InChI is InChI=1S/C25H36N4O3/c1-15(2)24-25(32)27-18(14-30)11-17-12-26-23-19(21(31)9-10-28(3)4)7-8-20(22(17)23)29(24)13-16-5-6-16/h7-8,12,15-16,18,24,26,30H,5-6,9-11,13-14H2,1-4H3,(H,27,32)/t18-,24-/m0/s1. The number of ketones is 1. The lowest BCUT2D eigenvalue weighted by Crippen LogP contribution is -2.53. The average molecular weight is 441 g/mol. The molecule has 0 unspecified atom stereocenters. The van der Waals surface area contributed by atoms with Gasteiger partial charge in [0.2, 0.25) is 5.91 Å². The smallest absolute Gasteiger partial charge is 0.243 e. The first-order valence-corrected chi connectivity index (χ1v) is 11.8. The SMILES string of the molecule is CC(C)[C@H]1C(=O)N[C@H](CO)Cc2c[nH]c3c(C(=O)CCN(C)C)ccc(c23)N1CC1CC1. The van der Waals surface area contributed by atoms with Crippen LogP contribution in [0, 0.1) is 11.8 Å². The minimum Gasteiger partial charge on any atom is -0.394 e. The number of aliphatic hydroxyl groups excluding tert-OH is 1. The van der Waals surface area contributed by atoms with E-state index in [1.807, 2.05) is 37.3 Å². The van der Waals surface area contributed by atoms with Crippen molar-refractivity contribution in [1.82, 2.24) is 15.2 Å². The maximum absolute atomic E-state index is 13.3. The number of amides is 1. The minimum absolute atomic E-state index is 0.0341. The number of hydrogen-bond donors (Lipinski definition) is 3. The Labute approximate surface area is 190 Å². The lowest BCUT2D eigenvalue weighted by atomic mass is 9.97. The molecule has 1 amide bonds. The Morgan fingerprint density at radius 2 is 2.03 bits per heavy atom. The lowest BCUT2D eigenvalue weighted by molar-refractivity contribution is -0.124. The Morgan fingerprint density at radius 1 is 1.28 bits per heavy atom. The monoisotopic (exact) mass is 440 g/mol. The summed E-state index contributed by atoms with van der Waals surface area (Å²) in [5.74, 6) is 0.774. The third-order valence-electron chi connectivity index (χ3n) is 6.71. The molecule has 0 spiro atoms. The van der Waals surface area contributed by atoms with Crippen LogP contribution >= 0.6 is 0 Å². The number of anilines is 1. The highest BCUT2D eigenvalue weighted by molar-refractivity contribution is 6.11. The van der Waals surface area contributed by atoms with Crippen LogP contribution in [0.5, 0.6) is 0 Å². The van der Waals surface area contributed by atoms with Crippen molar-refractivity contribution >= 4 is 28.3 Å². The minimum atomic E-state index is -0.357. The van der Waals surface area contributed by atoms with Gasteiger partial charge >= 0.3 is 0 Å². The van der Waals surface area contributed by atoms with Crippen molar-refractivity contribution in [1.29, 1.82) is 0 Å². The predicted octanol–water partition coefficient (Wildman–Crippen LogP) is 2.58. The van der Waals surface area contributed by atoms with Gasteiger partial charge in [0.1, 0.15) is 6.04 Å². The molecule has 1 aromatic carbocycles. The van der Waals surface area contributed by atoms with Crippen molar-refractivity contribution in [2.45, 2.75) is 51.6 Å². The number of carbonyl (C=O) groups is 2. The van der Waals surface area contributed by atoms with Crippen LogP contribution in [-0.4, -0.2) is 72.6 Å². The zero-order chi connectivity index (χ0) is 23.0. The van der Waals surface area contributed by atoms with Gasteiger partial charge in [0.25, 0.3) is 0 Å². The van der Waals surface area contributed by atoms with Crippen LogP contribution in [-0.2, 0) is 11.2 Å². The normalized spacial score (nSPS) is 21.6. The van der Waals surface area contributed by atoms with E-state index in [0.29, 0.717) is 30.9 Å². The summed E-state index contributed by atoms with van der Waals surface area (Å²) in [4.78, 5) is 34.0. The van der Waals surface area contributed by atoms with Crippen LogP contribution in [0.2, 0.25) is 0 Å². The number of benzene rings is 1. The van der Waals surface area contributed by atoms with Crippen molar-refractivity contribution < 1.29 is 14.7 Å². The van der Waals surface area contributed by atoms with E-state index >= 15 is 0 Å². The highest BCUT2D eigenvalue weighted by Crippen LogP contribution is 2.39. The molecule has 1 saturated carbocycles. The van der Waals surface area contributed by atoms with Gasteiger partial charge in [0.05, 0.1) is 18.2 Å². The number of aromatic amines is 1. The van der Waals surface area contributed by atoms with Crippen molar-refractivity contribution in [2.24, 2.45) is 11.8 Å². The largest absolute Gasteiger partial charge is 0.394 e. The van der Waals surface area contributed by atoms with Gasteiger partial charge in [-0.1, -0.05) is 13.8 Å². The predicted molar refractivity (Wildman–Crippen MR) is 127 cm³/mol. The fourth-order valence-corrected chi connectivity index (χ4v) is 4.85. The number of nitrogens with zero attached hydrogens (tertiary/aromatic N) is 2. The summed E-state index contributed by atoms with van der Waals surface area (Å²) in [6, 6.07) is 3.27. The van der Waals surface area contributed by atoms with E-state index in [4.69, 9.17) is 0 Å². The summed E-state index contributed by atoms with van der Waals surface area (Å²) in [6.07, 6.45) is 5.29. The van der Waals surface area contributed by atoms with Crippen molar-refractivity contribution in [2.75, 3.05) is 38.7 Å². The highest BCUT2D eigenvalue weighted by Gasteiger charge is 2.37. The Balaban J connectivity index is 1.86. The highest BCUT2D eigenvalue weighted by atomic mass is 16.3. The zero-order valence-corrected chi connectivity index (χ0v) is 19.6. The molecule has 1 fully saturated rings. The van der Waals surface area contributed by atoms with Crippen molar-refractivity contribution in [3.8, 4) is 0 Å². The fourth-order valence-electron chi connectivity index (χ4n) is 4.85. The average Bonchev–Trinajstić information content (AvgIpc) is 3.46. The van der Waals surface area contributed by atoms with Crippen LogP contribution in [0.4, 0.5) is 5.69 Å². The quantitative estimate of drug-likeness (QED) is 0.549. The van der Waals surface area contributed by atoms with E-state index in [9.17, 15) is 14.7 Å². The second-order valence-corrected chi connectivity index (χ2v) is 10.0. The summed E-state index contributed by atoms with van der Waals surface area (Å²) in [6.45, 7) is 5.55. The first-order chi connectivity index (χ1) is 15.3. The molecule has 1 aliphatic carbocycles. The molecule has 3 N–H and O–H groups in total. The van der Waals surface area contributed by atoms with E-state index < -0.39 is 0 Å². The summed E-state index contributed by atoms with van der Waals surface area (Å²) in [5.41, 5.74) is 3.58. The summed E-state index contributed by atoms with van der Waals surface area (Å²) >= 11 is 0. The van der Waals surface area contributed by atoms with Crippen molar-refractivity contribution in [3.05, 3.63) is 29.5 Å². The first-order valence-electron chi connectivity index (χ1n) is 11.8. The molecule has 174 valence electrons. The molecule has 7 heteroatoms. The Bertz CT molecular complexity index is 992. The number of rotatable bonds is 8. The Hall–Kier alpha value is -2.38. The van der Waals surface area contributed by atoms with E-state index in [1.54, 1.807) is 0 Å². The molecule has 0 bridgehead atoms. The summed E-state index contributed by atoms with van der Waals surface area (Å²) in [7, 11) is 3.93. The van der Waals surface area contributed by atoms with Crippen molar-refractivity contribution in [3.63, 3.8) is 0 Å². The van der Waals surface area contributed by atoms with Gasteiger partial charge in [-0.15, -0.1) is 0 Å². The molecule has 2 aromatic rings. The molecule has 1 aromatic heterocycles. The van der Waals surface area contributed by atoms with Gasteiger partial charge in [-0.25, -0.2) is 0 Å². The number of hydrogen-bond acceptors (Lipinski definition) is 5. The number of H-pyrrole nitrogens is 1. The number of carbonyl (C=O) groups excluding carboxylic acids is 2. The molecular weight excluding hydrogens is 404 g/mol. The number of Topliss-reactive ketones (excluding diaryl/α,β-unsaturated/α-hetero) is 1. The number of aromatic nitrogens is 1. The second kappa shape index (κ2) is 9.24. The molecule has 32 heavy (non-hydrogen) atoms. The molecular formula is C25H36N4O3. The van der Waals surface area contributed by atoms with E-state index in [1.165, 1.54) is 12.8 Å². The van der Waals surface area contributed by atoms with Gasteiger partial charge in [-0.2, -0.15) is 0 Å². The van der Waals surface area contributed by atoms with Gasteiger partial charge in [-0.05, 0) is 62.9 Å². The van der Waals surface area contributed by atoms with Gasteiger partial charge in [-0.3, -0.25) is 9.59 Å². The fraction of sp³-hybridized carbons (Fsp3) is 0.600. The molecule has 2 aliphatic rings. The lowest BCUT2D eigenvalue weighted by Gasteiger charge is -2.36. The maximum atomic E-state index is 13.3. The molecule has 1 aliphatic heterocycles. The van der Waals surface area contributed by atoms with Crippen LogP contribution in [0.1, 0.15) is 49.0 Å². The zero-order valence-electron chi connectivity index (χ0n) is 19.6. The number of aliphatic hydroxyl groups is 1. The molecule has 0 radical (unpaired) electrons. The Morgan fingerprint density at radius 3 is 2.66 bits per heavy atom.